The molecule has 3 aliphatic rings. The molecule has 15 heteroatoms. The molecule has 0 spiro atoms. The second-order valence-corrected chi connectivity index (χ2v) is 13.2. The molecule has 1 saturated carbocycles. The number of aromatic nitrogens is 4. The van der Waals surface area contributed by atoms with E-state index in [0.29, 0.717) is 55.1 Å². The zero-order chi connectivity index (χ0) is 35.4. The van der Waals surface area contributed by atoms with Crippen LogP contribution in [0.3, 0.4) is 0 Å². The van der Waals surface area contributed by atoms with E-state index in [2.05, 4.69) is 24.8 Å². The van der Waals surface area contributed by atoms with Crippen LogP contribution in [0.1, 0.15) is 40.2 Å². The number of amides is 1. The number of hydrogen-bond acceptors (Lipinski definition) is 8. The normalized spacial score (nSPS) is 17.4. The van der Waals surface area contributed by atoms with E-state index >= 15 is 8.78 Å². The Labute approximate surface area is 288 Å². The van der Waals surface area contributed by atoms with Gasteiger partial charge in [-0.2, -0.15) is 13.2 Å². The van der Waals surface area contributed by atoms with Gasteiger partial charge in [0.1, 0.15) is 47.3 Å². The number of carbonyl (C=O) groups is 1. The van der Waals surface area contributed by atoms with Crippen molar-refractivity contribution < 1.29 is 36.6 Å². The number of aromatic hydroxyl groups is 1. The molecule has 0 bridgehead atoms. The SMILES string of the molecule is O=C1c2c(F)cc(C3CC3)cc2OCCN1c1cc(F)cc(-c2ncnc3[nH]c(-c4ccc(CN5CCN(CC(F)(F)F)CC5)cn4)cc23)c1O. The minimum Gasteiger partial charge on any atom is -0.505 e. The Bertz CT molecular complexity index is 2130. The number of phenols is 1. The van der Waals surface area contributed by atoms with Crippen molar-refractivity contribution in [2.75, 3.05) is 50.8 Å². The maximum absolute atomic E-state index is 15.3. The zero-order valence-electron chi connectivity index (χ0n) is 27.2. The number of hydrogen-bond donors (Lipinski definition) is 2. The van der Waals surface area contributed by atoms with Crippen LogP contribution in [0.4, 0.5) is 27.6 Å². The number of ether oxygens (including phenoxy) is 1. The van der Waals surface area contributed by atoms with Crippen LogP contribution >= 0.6 is 0 Å². The van der Waals surface area contributed by atoms with Gasteiger partial charge in [-0.1, -0.05) is 6.07 Å². The second kappa shape index (κ2) is 12.9. The highest BCUT2D eigenvalue weighted by Crippen LogP contribution is 2.45. The van der Waals surface area contributed by atoms with Crippen molar-refractivity contribution in [3.05, 3.63) is 83.3 Å². The van der Waals surface area contributed by atoms with Gasteiger partial charge < -0.3 is 19.7 Å². The van der Waals surface area contributed by atoms with Gasteiger partial charge in [0.15, 0.2) is 0 Å². The number of halogens is 5. The molecule has 2 aromatic carbocycles. The van der Waals surface area contributed by atoms with Crippen LogP contribution in [-0.4, -0.2) is 92.8 Å². The minimum atomic E-state index is -4.21. The highest BCUT2D eigenvalue weighted by atomic mass is 19.4. The summed E-state index contributed by atoms with van der Waals surface area (Å²) in [4.78, 5) is 34.8. The lowest BCUT2D eigenvalue weighted by atomic mass is 10.0. The van der Waals surface area contributed by atoms with Crippen molar-refractivity contribution in [1.29, 1.82) is 0 Å². The Morgan fingerprint density at radius 2 is 1.73 bits per heavy atom. The Morgan fingerprint density at radius 3 is 2.45 bits per heavy atom. The Kier molecular flexibility index (Phi) is 8.33. The van der Waals surface area contributed by atoms with Crippen LogP contribution < -0.4 is 9.64 Å². The molecule has 1 saturated heterocycles. The summed E-state index contributed by atoms with van der Waals surface area (Å²) < 4.78 is 74.6. The van der Waals surface area contributed by atoms with E-state index in [0.717, 1.165) is 41.0 Å². The number of aromatic amines is 1. The molecule has 0 unspecified atom stereocenters. The Balaban J connectivity index is 1.05. The van der Waals surface area contributed by atoms with Gasteiger partial charge in [0.05, 0.1) is 35.9 Å². The third kappa shape index (κ3) is 6.70. The van der Waals surface area contributed by atoms with Crippen molar-refractivity contribution in [2.45, 2.75) is 31.5 Å². The molecule has 8 rings (SSSR count). The van der Waals surface area contributed by atoms with Crippen molar-refractivity contribution in [1.82, 2.24) is 29.7 Å². The van der Waals surface area contributed by atoms with Gasteiger partial charge in [0.25, 0.3) is 5.91 Å². The largest absolute Gasteiger partial charge is 0.505 e. The first kappa shape index (κ1) is 33.0. The summed E-state index contributed by atoms with van der Waals surface area (Å²) >= 11 is 0. The number of nitrogens with one attached hydrogen (secondary N) is 1. The molecule has 51 heavy (non-hydrogen) atoms. The third-order valence-corrected chi connectivity index (χ3v) is 9.56. The maximum Gasteiger partial charge on any atom is 0.401 e. The fourth-order valence-electron chi connectivity index (χ4n) is 6.85. The number of fused-ring (bicyclic) bond motifs is 2. The van der Waals surface area contributed by atoms with Gasteiger partial charge in [-0.15, -0.1) is 0 Å². The Hall–Kier alpha value is -5.15. The summed E-state index contributed by atoms with van der Waals surface area (Å²) in [5.74, 6) is -2.30. The molecule has 264 valence electrons. The van der Waals surface area contributed by atoms with E-state index in [1.807, 2.05) is 12.1 Å². The van der Waals surface area contributed by atoms with Gasteiger partial charge in [-0.3, -0.25) is 19.6 Å². The molecule has 5 aromatic rings. The number of alkyl halides is 3. The predicted octanol–water partition coefficient (Wildman–Crippen LogP) is 6.27. The number of benzene rings is 2. The van der Waals surface area contributed by atoms with Crippen molar-refractivity contribution in [3.8, 4) is 34.1 Å². The lowest BCUT2D eigenvalue weighted by Crippen LogP contribution is -2.48. The lowest BCUT2D eigenvalue weighted by Gasteiger charge is -2.34. The quantitative estimate of drug-likeness (QED) is 0.191. The number of piperazine rings is 1. The third-order valence-electron chi connectivity index (χ3n) is 9.56. The first-order valence-electron chi connectivity index (χ1n) is 16.6. The molecule has 5 heterocycles. The highest BCUT2D eigenvalue weighted by molar-refractivity contribution is 6.10. The molecule has 0 radical (unpaired) electrons. The number of rotatable bonds is 7. The van der Waals surface area contributed by atoms with Gasteiger partial charge in [-0.05, 0) is 60.2 Å². The summed E-state index contributed by atoms with van der Waals surface area (Å²) in [6, 6.07) is 10.6. The number of pyridine rings is 1. The predicted molar refractivity (Wildman–Crippen MR) is 177 cm³/mol. The molecule has 2 aliphatic heterocycles. The minimum absolute atomic E-state index is 0.000887. The van der Waals surface area contributed by atoms with Crippen molar-refractivity contribution in [3.63, 3.8) is 0 Å². The van der Waals surface area contributed by atoms with E-state index in [4.69, 9.17) is 4.74 Å². The number of nitrogens with zero attached hydrogens (tertiary/aromatic N) is 6. The highest BCUT2D eigenvalue weighted by Gasteiger charge is 2.34. The summed E-state index contributed by atoms with van der Waals surface area (Å²) in [7, 11) is 0. The number of phenolic OH excluding ortho intramolecular Hbond substituents is 1. The van der Waals surface area contributed by atoms with Crippen LogP contribution in [0, 0.1) is 11.6 Å². The van der Waals surface area contributed by atoms with Gasteiger partial charge >= 0.3 is 6.18 Å². The first-order valence-corrected chi connectivity index (χ1v) is 16.6. The van der Waals surface area contributed by atoms with Crippen LogP contribution in [0.25, 0.3) is 33.7 Å². The smallest absolute Gasteiger partial charge is 0.401 e. The van der Waals surface area contributed by atoms with E-state index in [9.17, 15) is 23.1 Å². The monoisotopic (exact) mass is 705 g/mol. The summed E-state index contributed by atoms with van der Waals surface area (Å²) in [6.07, 6.45) is 0.644. The molecule has 2 fully saturated rings. The fraction of sp³-hybridized carbons (Fsp3) is 0.333. The fourth-order valence-corrected chi connectivity index (χ4v) is 6.85. The van der Waals surface area contributed by atoms with Gasteiger partial charge in [0.2, 0.25) is 0 Å². The number of anilines is 1. The standard InChI is InChI=1S/C36H32F5N7O3/c37-23-13-24(33(49)29(14-23)48-9-10-51-30-12-22(21-2-3-21)11-26(38)31(30)35(48)50)32-25-15-28(45-34(25)44-19-43-32)27-4-1-20(16-42-27)17-46-5-7-47(8-6-46)18-36(39,40)41/h1,4,11-16,19,21,49H,2-3,5-10,17-18H2,(H,43,44,45). The molecular weight excluding hydrogens is 673 g/mol. The summed E-state index contributed by atoms with van der Waals surface area (Å²) in [6.45, 7) is 1.28. The van der Waals surface area contributed by atoms with Crippen LogP contribution in [0.5, 0.6) is 11.5 Å². The average molecular weight is 706 g/mol. The number of carbonyl (C=O) groups excluding carboxylic acids is 1. The molecule has 1 aliphatic carbocycles. The average Bonchev–Trinajstić information content (AvgIpc) is 3.88. The van der Waals surface area contributed by atoms with E-state index in [1.165, 1.54) is 17.3 Å². The topological polar surface area (TPSA) is 111 Å². The van der Waals surface area contributed by atoms with E-state index in [1.54, 1.807) is 18.3 Å². The Morgan fingerprint density at radius 1 is 0.941 bits per heavy atom. The summed E-state index contributed by atoms with van der Waals surface area (Å²) in [5, 5.41) is 12.0. The van der Waals surface area contributed by atoms with Crippen LogP contribution in [-0.2, 0) is 6.54 Å². The van der Waals surface area contributed by atoms with Crippen molar-refractivity contribution in [2.24, 2.45) is 0 Å². The van der Waals surface area contributed by atoms with E-state index < -0.39 is 36.0 Å². The lowest BCUT2D eigenvalue weighted by molar-refractivity contribution is -0.149. The maximum atomic E-state index is 15.3. The first-order chi connectivity index (χ1) is 24.5. The summed E-state index contributed by atoms with van der Waals surface area (Å²) in [5.41, 5.74) is 2.98. The van der Waals surface area contributed by atoms with Gasteiger partial charge in [0, 0.05) is 55.9 Å². The number of H-pyrrole nitrogens is 1. The van der Waals surface area contributed by atoms with Crippen LogP contribution in [0.15, 0.2) is 55.0 Å². The van der Waals surface area contributed by atoms with Gasteiger partial charge in [-0.25, -0.2) is 18.7 Å². The molecule has 0 atom stereocenters. The molecule has 10 nitrogen and oxygen atoms in total. The molecule has 1 amide bonds. The second-order valence-electron chi connectivity index (χ2n) is 13.2. The van der Waals surface area contributed by atoms with Crippen LogP contribution in [0.2, 0.25) is 0 Å². The molecule has 3 aromatic heterocycles. The molecule has 2 N–H and O–H groups in total. The molecular formula is C36H32F5N7O3. The zero-order valence-corrected chi connectivity index (χ0v) is 27.2. The van der Waals surface area contributed by atoms with E-state index in [-0.39, 0.29) is 47.3 Å². The van der Waals surface area contributed by atoms with Crippen molar-refractivity contribution >= 4 is 22.6 Å².